The molecular formula is C33H44N8O4S2. The van der Waals surface area contributed by atoms with E-state index < -0.39 is 12.1 Å². The minimum atomic E-state index is -0.625. The van der Waals surface area contributed by atoms with E-state index in [0.29, 0.717) is 43.6 Å². The fraction of sp³-hybridized carbons (Fsp3) is 0.424. The Morgan fingerprint density at radius 3 is 2.40 bits per heavy atom. The highest BCUT2D eigenvalue weighted by atomic mass is 32.2. The largest absolute Gasteiger partial charge is 0.355 e. The molecule has 4 amide bonds. The highest BCUT2D eigenvalue weighted by Crippen LogP contribution is 2.26. The van der Waals surface area contributed by atoms with Crippen LogP contribution in [0, 0.1) is 0 Å². The summed E-state index contributed by atoms with van der Waals surface area (Å²) in [5.41, 5.74) is 2.49. The summed E-state index contributed by atoms with van der Waals surface area (Å²) in [6.07, 6.45) is 3.59. The number of aromatic nitrogens is 1. The lowest BCUT2D eigenvalue weighted by Gasteiger charge is -2.28. The Morgan fingerprint density at radius 2 is 1.74 bits per heavy atom. The van der Waals surface area contributed by atoms with E-state index in [1.54, 1.807) is 31.3 Å². The molecule has 3 atom stereocenters. The summed E-state index contributed by atoms with van der Waals surface area (Å²) < 4.78 is 5.30. The number of anilines is 1. The molecule has 252 valence electrons. The number of carbonyl (C=O) groups is 4. The van der Waals surface area contributed by atoms with Crippen molar-refractivity contribution in [1.29, 1.82) is 0 Å². The number of nitrogens with zero attached hydrogens (tertiary/aromatic N) is 2. The van der Waals surface area contributed by atoms with E-state index in [0.717, 1.165) is 35.8 Å². The van der Waals surface area contributed by atoms with Crippen LogP contribution in [0.15, 0.2) is 60.1 Å². The third-order valence-electron chi connectivity index (χ3n) is 7.54. The Kier molecular flexibility index (Phi) is 14.0. The first-order valence-corrected chi connectivity index (χ1v) is 17.6. The first-order chi connectivity index (χ1) is 22.8. The lowest BCUT2D eigenvalue weighted by molar-refractivity contribution is -0.129. The van der Waals surface area contributed by atoms with E-state index in [1.165, 1.54) is 23.5 Å². The summed E-state index contributed by atoms with van der Waals surface area (Å²) in [6, 6.07) is 13.3. The molecule has 1 fully saturated rings. The SMILES string of the molecule is CCNC(=O)[C@H](CC)NC(=O)[C@H](C)NC[C@H](Cc1ccccc1)NC(=O)c1cc(C(=O)NCc2nccs2)cc(N2CCCNS2)c1. The maximum atomic E-state index is 13.9. The zero-order chi connectivity index (χ0) is 33.6. The molecule has 6 N–H and O–H groups in total. The van der Waals surface area contributed by atoms with Crippen molar-refractivity contribution in [2.75, 3.05) is 30.5 Å². The van der Waals surface area contributed by atoms with Crippen molar-refractivity contribution in [2.45, 2.75) is 64.7 Å². The first kappa shape index (κ1) is 35.9. The van der Waals surface area contributed by atoms with Gasteiger partial charge < -0.3 is 30.9 Å². The van der Waals surface area contributed by atoms with E-state index in [4.69, 9.17) is 0 Å². The molecule has 0 unspecified atom stereocenters. The molecule has 14 heteroatoms. The Morgan fingerprint density at radius 1 is 0.979 bits per heavy atom. The van der Waals surface area contributed by atoms with Crippen LogP contribution in [-0.4, -0.2) is 72.9 Å². The molecule has 1 saturated heterocycles. The second-order valence-corrected chi connectivity index (χ2v) is 13.1. The van der Waals surface area contributed by atoms with Gasteiger partial charge in [0.15, 0.2) is 0 Å². The third-order valence-corrected chi connectivity index (χ3v) is 9.27. The quantitative estimate of drug-likeness (QED) is 0.125. The molecule has 1 aliphatic rings. The van der Waals surface area contributed by atoms with Gasteiger partial charge in [-0.05, 0) is 56.9 Å². The second-order valence-electron chi connectivity index (χ2n) is 11.2. The van der Waals surface area contributed by atoms with Crippen molar-refractivity contribution in [3.8, 4) is 0 Å². The monoisotopic (exact) mass is 680 g/mol. The molecule has 2 aromatic carbocycles. The average Bonchev–Trinajstić information content (AvgIpc) is 3.62. The number of hydrogen-bond acceptors (Lipinski definition) is 10. The Balaban J connectivity index is 1.50. The van der Waals surface area contributed by atoms with Crippen LogP contribution in [0.3, 0.4) is 0 Å². The fourth-order valence-corrected chi connectivity index (χ4v) is 6.34. The maximum Gasteiger partial charge on any atom is 0.251 e. The Hall–Kier alpha value is -3.98. The molecule has 4 rings (SSSR count). The van der Waals surface area contributed by atoms with Crippen molar-refractivity contribution in [1.82, 2.24) is 36.3 Å². The van der Waals surface area contributed by atoms with E-state index in [-0.39, 0.29) is 29.7 Å². The van der Waals surface area contributed by atoms with E-state index in [1.807, 2.05) is 53.9 Å². The van der Waals surface area contributed by atoms with Gasteiger partial charge in [-0.1, -0.05) is 37.3 Å². The summed E-state index contributed by atoms with van der Waals surface area (Å²) in [4.78, 5) is 56.6. The molecule has 3 aromatic rings. The average molecular weight is 681 g/mol. The Labute approximate surface area is 284 Å². The van der Waals surface area contributed by atoms with Gasteiger partial charge in [0, 0.05) is 72.7 Å². The fourth-order valence-electron chi connectivity index (χ4n) is 4.96. The maximum absolute atomic E-state index is 13.9. The van der Waals surface area contributed by atoms with Gasteiger partial charge in [-0.2, -0.15) is 0 Å². The topological polar surface area (TPSA) is 157 Å². The van der Waals surface area contributed by atoms with Crippen LogP contribution < -0.4 is 35.6 Å². The van der Waals surface area contributed by atoms with E-state index >= 15 is 0 Å². The number of likely N-dealkylation sites (N-methyl/N-ethyl adjacent to an activating group) is 1. The third kappa shape index (κ3) is 11.1. The minimum Gasteiger partial charge on any atom is -0.355 e. The summed E-state index contributed by atoms with van der Waals surface area (Å²) in [5.74, 6) is -1.16. The van der Waals surface area contributed by atoms with Crippen LogP contribution >= 0.6 is 23.5 Å². The summed E-state index contributed by atoms with van der Waals surface area (Å²) >= 11 is 2.90. The Bertz CT molecular complexity index is 1470. The molecule has 0 aliphatic carbocycles. The van der Waals surface area contributed by atoms with Crippen LogP contribution in [0.2, 0.25) is 0 Å². The second kappa shape index (κ2) is 18.4. The molecule has 12 nitrogen and oxygen atoms in total. The molecule has 0 bridgehead atoms. The van der Waals surface area contributed by atoms with E-state index in [9.17, 15) is 19.2 Å². The van der Waals surface area contributed by atoms with Gasteiger partial charge in [-0.25, -0.2) is 9.71 Å². The van der Waals surface area contributed by atoms with Gasteiger partial charge in [-0.15, -0.1) is 11.3 Å². The number of rotatable bonds is 16. The normalized spacial score (nSPS) is 14.8. The molecule has 0 saturated carbocycles. The molecule has 2 heterocycles. The van der Waals surface area contributed by atoms with Crippen molar-refractivity contribution in [3.63, 3.8) is 0 Å². The van der Waals surface area contributed by atoms with Gasteiger partial charge in [0.05, 0.1) is 12.6 Å². The van der Waals surface area contributed by atoms with Gasteiger partial charge >= 0.3 is 0 Å². The van der Waals surface area contributed by atoms with Crippen LogP contribution in [0.25, 0.3) is 0 Å². The summed E-state index contributed by atoms with van der Waals surface area (Å²) in [6.45, 7) is 8.11. The molecule has 0 spiro atoms. The highest BCUT2D eigenvalue weighted by Gasteiger charge is 2.24. The van der Waals surface area contributed by atoms with Gasteiger partial charge in [-0.3, -0.25) is 19.2 Å². The van der Waals surface area contributed by atoms with Crippen LogP contribution in [-0.2, 0) is 22.6 Å². The predicted octanol–water partition coefficient (Wildman–Crippen LogP) is 2.79. The number of benzene rings is 2. The lowest BCUT2D eigenvalue weighted by Crippen LogP contribution is -2.53. The lowest BCUT2D eigenvalue weighted by atomic mass is 10.0. The number of hydrogen-bond donors (Lipinski definition) is 6. The summed E-state index contributed by atoms with van der Waals surface area (Å²) in [7, 11) is 0. The zero-order valence-electron chi connectivity index (χ0n) is 27.0. The number of amides is 4. The van der Waals surface area contributed by atoms with Gasteiger partial charge in [0.2, 0.25) is 11.8 Å². The van der Waals surface area contributed by atoms with Gasteiger partial charge in [0.25, 0.3) is 11.8 Å². The zero-order valence-corrected chi connectivity index (χ0v) is 28.6. The van der Waals surface area contributed by atoms with Crippen molar-refractivity contribution in [2.24, 2.45) is 0 Å². The summed E-state index contributed by atoms with van der Waals surface area (Å²) in [5, 5.41) is 17.5. The molecular weight excluding hydrogens is 637 g/mol. The molecule has 1 aliphatic heterocycles. The molecule has 0 radical (unpaired) electrons. The van der Waals surface area contributed by atoms with E-state index in [2.05, 4.69) is 36.3 Å². The number of nitrogens with one attached hydrogen (secondary N) is 6. The smallest absolute Gasteiger partial charge is 0.251 e. The predicted molar refractivity (Wildman–Crippen MR) is 187 cm³/mol. The van der Waals surface area contributed by atoms with Crippen molar-refractivity contribution < 1.29 is 19.2 Å². The highest BCUT2D eigenvalue weighted by molar-refractivity contribution is 7.98. The number of carbonyl (C=O) groups excluding carboxylic acids is 4. The van der Waals surface area contributed by atoms with Crippen LogP contribution in [0.4, 0.5) is 5.69 Å². The van der Waals surface area contributed by atoms with Crippen LogP contribution in [0.1, 0.15) is 64.9 Å². The first-order valence-electron chi connectivity index (χ1n) is 15.9. The van der Waals surface area contributed by atoms with Crippen molar-refractivity contribution >= 4 is 52.8 Å². The van der Waals surface area contributed by atoms with Crippen molar-refractivity contribution in [3.05, 3.63) is 81.8 Å². The molecule has 47 heavy (non-hydrogen) atoms. The van der Waals surface area contributed by atoms with Gasteiger partial charge in [0.1, 0.15) is 11.0 Å². The number of thiazole rings is 1. The minimum absolute atomic E-state index is 0.220. The van der Waals surface area contributed by atoms with Crippen LogP contribution in [0.5, 0.6) is 0 Å². The molecule has 1 aromatic heterocycles. The standard InChI is InChI=1S/C33H44N8O4S2/c1-4-28(33(45)34-5-2)40-30(42)22(3)36-20-26(16-23-10-7-6-8-11-23)39-32(44)25-17-24(31(43)37-21-29-35-13-15-46-29)18-27(19-25)41-14-9-12-38-47-41/h6-8,10-11,13,15,17-19,22,26,28,36,38H,4-5,9,12,14,16,20-21H2,1-3H3,(H,34,45)(H,37,43)(H,39,44)(H,40,42)/t22-,26-,28-/m0/s1.